The predicted molar refractivity (Wildman–Crippen MR) is 52.8 cm³/mol. The van der Waals surface area contributed by atoms with Crippen molar-refractivity contribution in [3.8, 4) is 0 Å². The number of hydrogen-bond donors (Lipinski definition) is 0. The van der Waals surface area contributed by atoms with Crippen LogP contribution in [0.1, 0.15) is 6.42 Å². The smallest absolute Gasteiger partial charge is 0.124 e. The van der Waals surface area contributed by atoms with Crippen LogP contribution in [0.2, 0.25) is 0 Å². The average Bonchev–Trinajstić information content (AvgIpc) is 2.67. The van der Waals surface area contributed by atoms with Crippen LogP contribution in [0.25, 0.3) is 0 Å². The first-order chi connectivity index (χ1) is 6.40. The molecule has 1 aliphatic rings. The highest BCUT2D eigenvalue weighted by atomic mass is 16.1. The number of aldehydes is 1. The Morgan fingerprint density at radius 1 is 1.31 bits per heavy atom. The van der Waals surface area contributed by atoms with Crippen molar-refractivity contribution >= 4 is 12.0 Å². The summed E-state index contributed by atoms with van der Waals surface area (Å²) < 4.78 is 0. The lowest BCUT2D eigenvalue weighted by Crippen LogP contribution is -2.19. The fourth-order valence-corrected chi connectivity index (χ4v) is 1.77. The highest BCUT2D eigenvalue weighted by Crippen LogP contribution is 2.21. The van der Waals surface area contributed by atoms with Crippen LogP contribution in [0.5, 0.6) is 0 Å². The van der Waals surface area contributed by atoms with E-state index in [1.165, 1.54) is 5.69 Å². The Kier molecular flexibility index (Phi) is 2.30. The first-order valence-electron chi connectivity index (χ1n) is 4.65. The molecule has 1 aromatic rings. The fraction of sp³-hybridized carbons (Fsp3) is 0.364. The van der Waals surface area contributed by atoms with Gasteiger partial charge in [-0.25, -0.2) is 0 Å². The fourth-order valence-electron chi connectivity index (χ4n) is 1.77. The number of carbonyl (C=O) groups is 1. The minimum atomic E-state index is 0.236. The van der Waals surface area contributed by atoms with E-state index in [0.717, 1.165) is 25.8 Å². The van der Waals surface area contributed by atoms with Crippen molar-refractivity contribution in [3.63, 3.8) is 0 Å². The third-order valence-corrected chi connectivity index (χ3v) is 2.54. The van der Waals surface area contributed by atoms with E-state index in [-0.39, 0.29) is 5.92 Å². The van der Waals surface area contributed by atoms with E-state index in [4.69, 9.17) is 0 Å². The SMILES string of the molecule is O=C[C@@H]1CCN(c2ccccc2)C1. The minimum absolute atomic E-state index is 0.236. The van der Waals surface area contributed by atoms with E-state index in [0.29, 0.717) is 0 Å². The second-order valence-corrected chi connectivity index (χ2v) is 3.47. The second kappa shape index (κ2) is 3.60. The van der Waals surface area contributed by atoms with Crippen LogP contribution < -0.4 is 4.90 Å². The number of para-hydroxylation sites is 1. The molecule has 2 heteroatoms. The van der Waals surface area contributed by atoms with Gasteiger partial charge in [0, 0.05) is 24.7 Å². The van der Waals surface area contributed by atoms with Crippen molar-refractivity contribution in [2.75, 3.05) is 18.0 Å². The zero-order valence-corrected chi connectivity index (χ0v) is 7.52. The van der Waals surface area contributed by atoms with Gasteiger partial charge in [-0.05, 0) is 18.6 Å². The van der Waals surface area contributed by atoms with Crippen LogP contribution in [0.4, 0.5) is 5.69 Å². The summed E-state index contributed by atoms with van der Waals surface area (Å²) in [4.78, 5) is 12.8. The van der Waals surface area contributed by atoms with Crippen molar-refractivity contribution < 1.29 is 4.79 Å². The lowest BCUT2D eigenvalue weighted by atomic mass is 10.1. The Hall–Kier alpha value is -1.31. The van der Waals surface area contributed by atoms with Crippen LogP contribution in [-0.4, -0.2) is 19.4 Å². The number of hydrogen-bond acceptors (Lipinski definition) is 2. The molecule has 0 spiro atoms. The van der Waals surface area contributed by atoms with E-state index in [9.17, 15) is 4.79 Å². The molecule has 13 heavy (non-hydrogen) atoms. The van der Waals surface area contributed by atoms with Crippen LogP contribution in [0, 0.1) is 5.92 Å². The molecular weight excluding hydrogens is 162 g/mol. The van der Waals surface area contributed by atoms with Crippen molar-refractivity contribution in [2.24, 2.45) is 5.92 Å². The largest absolute Gasteiger partial charge is 0.371 e. The third kappa shape index (κ3) is 1.72. The van der Waals surface area contributed by atoms with Crippen LogP contribution in [0.3, 0.4) is 0 Å². The molecule has 0 aromatic heterocycles. The van der Waals surface area contributed by atoms with Gasteiger partial charge in [0.05, 0.1) is 0 Å². The van der Waals surface area contributed by atoms with E-state index < -0.39 is 0 Å². The number of benzene rings is 1. The van der Waals surface area contributed by atoms with Gasteiger partial charge in [-0.3, -0.25) is 0 Å². The summed E-state index contributed by atoms with van der Waals surface area (Å²) in [5, 5.41) is 0. The summed E-state index contributed by atoms with van der Waals surface area (Å²) in [7, 11) is 0. The molecule has 68 valence electrons. The van der Waals surface area contributed by atoms with Gasteiger partial charge < -0.3 is 9.69 Å². The lowest BCUT2D eigenvalue weighted by molar-refractivity contribution is -0.110. The zero-order chi connectivity index (χ0) is 9.10. The van der Waals surface area contributed by atoms with Crippen molar-refractivity contribution in [1.29, 1.82) is 0 Å². The summed E-state index contributed by atoms with van der Waals surface area (Å²) in [6.45, 7) is 1.89. The highest BCUT2D eigenvalue weighted by Gasteiger charge is 2.21. The van der Waals surface area contributed by atoms with Gasteiger partial charge in [-0.1, -0.05) is 18.2 Å². The second-order valence-electron chi connectivity index (χ2n) is 3.47. The molecule has 0 saturated carbocycles. The van der Waals surface area contributed by atoms with Crippen molar-refractivity contribution in [1.82, 2.24) is 0 Å². The van der Waals surface area contributed by atoms with Crippen LogP contribution >= 0.6 is 0 Å². The van der Waals surface area contributed by atoms with E-state index in [1.54, 1.807) is 0 Å². The highest BCUT2D eigenvalue weighted by molar-refractivity contribution is 5.58. The maximum absolute atomic E-state index is 10.6. The molecule has 0 unspecified atom stereocenters. The molecule has 0 bridgehead atoms. The average molecular weight is 175 g/mol. The standard InChI is InChI=1S/C11H13NO/c13-9-10-6-7-12(8-10)11-4-2-1-3-5-11/h1-5,9-10H,6-8H2/t10-/m1/s1. The molecule has 1 fully saturated rings. The minimum Gasteiger partial charge on any atom is -0.371 e. The number of nitrogens with zero attached hydrogens (tertiary/aromatic N) is 1. The molecule has 0 amide bonds. The summed E-state index contributed by atoms with van der Waals surface area (Å²) in [5.41, 5.74) is 1.23. The summed E-state index contributed by atoms with van der Waals surface area (Å²) in [5.74, 6) is 0.236. The normalized spacial score (nSPS) is 21.8. The number of rotatable bonds is 2. The lowest BCUT2D eigenvalue weighted by Gasteiger charge is -2.17. The van der Waals surface area contributed by atoms with E-state index in [2.05, 4.69) is 17.0 Å². The molecular formula is C11H13NO. The summed E-state index contributed by atoms with van der Waals surface area (Å²) in [6, 6.07) is 10.3. The van der Waals surface area contributed by atoms with E-state index in [1.807, 2.05) is 18.2 Å². The molecule has 2 nitrogen and oxygen atoms in total. The Morgan fingerprint density at radius 3 is 2.69 bits per heavy atom. The maximum Gasteiger partial charge on any atom is 0.124 e. The summed E-state index contributed by atoms with van der Waals surface area (Å²) >= 11 is 0. The van der Waals surface area contributed by atoms with Crippen molar-refractivity contribution in [3.05, 3.63) is 30.3 Å². The quantitative estimate of drug-likeness (QED) is 0.638. The molecule has 1 aliphatic heterocycles. The molecule has 0 radical (unpaired) electrons. The molecule has 0 N–H and O–H groups in total. The van der Waals surface area contributed by atoms with Crippen molar-refractivity contribution in [2.45, 2.75) is 6.42 Å². The maximum atomic E-state index is 10.6. The molecule has 2 rings (SSSR count). The monoisotopic (exact) mass is 175 g/mol. The number of carbonyl (C=O) groups excluding carboxylic acids is 1. The van der Waals surface area contributed by atoms with Gasteiger partial charge in [0.25, 0.3) is 0 Å². The number of anilines is 1. The Balaban J connectivity index is 2.08. The molecule has 1 heterocycles. The van der Waals surface area contributed by atoms with E-state index >= 15 is 0 Å². The topological polar surface area (TPSA) is 20.3 Å². The summed E-state index contributed by atoms with van der Waals surface area (Å²) in [6.07, 6.45) is 2.07. The first kappa shape index (κ1) is 8.30. The third-order valence-electron chi connectivity index (χ3n) is 2.54. The first-order valence-corrected chi connectivity index (χ1v) is 4.65. The molecule has 1 saturated heterocycles. The Morgan fingerprint density at radius 2 is 2.08 bits per heavy atom. The Labute approximate surface area is 78.2 Å². The van der Waals surface area contributed by atoms with Gasteiger partial charge in [0.2, 0.25) is 0 Å². The van der Waals surface area contributed by atoms with Crippen LogP contribution in [0.15, 0.2) is 30.3 Å². The Bertz CT molecular complexity index is 283. The molecule has 1 atom stereocenters. The van der Waals surface area contributed by atoms with Gasteiger partial charge in [-0.15, -0.1) is 0 Å². The van der Waals surface area contributed by atoms with Gasteiger partial charge in [0.15, 0.2) is 0 Å². The van der Waals surface area contributed by atoms with Gasteiger partial charge in [0.1, 0.15) is 6.29 Å². The van der Waals surface area contributed by atoms with Gasteiger partial charge in [-0.2, -0.15) is 0 Å². The zero-order valence-electron chi connectivity index (χ0n) is 7.52. The molecule has 0 aliphatic carbocycles. The predicted octanol–water partition coefficient (Wildman–Crippen LogP) is 1.71. The van der Waals surface area contributed by atoms with Gasteiger partial charge >= 0.3 is 0 Å². The molecule has 1 aromatic carbocycles. The van der Waals surface area contributed by atoms with Crippen LogP contribution in [-0.2, 0) is 4.79 Å².